The standard InChI is InChI=1S/C29H38N2O3S/c1-19-25-10-11-27-24-9-6-21-16-22(34-35(32,33)23-7-4-20(17-30)5-8-23)12-14-28(21,2)26(24)13-15-29(25,27)18-31(19)3/h4-8,19,22,24-27H,9-16,18H2,1-3H3/t19-,22-,24+,25+,26-,27-,28-,29-/m0/s1. The van der Waals surface area contributed by atoms with E-state index in [0.717, 1.165) is 37.0 Å². The number of likely N-dealkylation sites (tertiary alicyclic amines) is 1. The van der Waals surface area contributed by atoms with Crippen LogP contribution in [0.2, 0.25) is 0 Å². The summed E-state index contributed by atoms with van der Waals surface area (Å²) in [5, 5.41) is 8.99. The van der Waals surface area contributed by atoms with Crippen molar-refractivity contribution in [2.24, 2.45) is 34.5 Å². The summed E-state index contributed by atoms with van der Waals surface area (Å²) in [5.74, 6) is 3.21. The second-order valence-electron chi connectivity index (χ2n) is 12.4. The van der Waals surface area contributed by atoms with E-state index < -0.39 is 10.1 Å². The fraction of sp³-hybridized carbons (Fsp3) is 0.690. The Balaban J connectivity index is 1.20. The van der Waals surface area contributed by atoms with Crippen LogP contribution < -0.4 is 0 Å². The second kappa shape index (κ2) is 8.16. The van der Waals surface area contributed by atoms with E-state index in [1.54, 1.807) is 0 Å². The maximum atomic E-state index is 12.9. The zero-order valence-electron chi connectivity index (χ0n) is 21.2. The lowest BCUT2D eigenvalue weighted by Crippen LogP contribution is -2.51. The Bertz CT molecular complexity index is 1190. The summed E-state index contributed by atoms with van der Waals surface area (Å²) in [5.41, 5.74) is 2.59. The van der Waals surface area contributed by atoms with Gasteiger partial charge in [-0.3, -0.25) is 4.18 Å². The molecule has 1 aromatic carbocycles. The number of allylic oxidation sites excluding steroid dienone is 1. The zero-order chi connectivity index (χ0) is 24.6. The first-order valence-electron chi connectivity index (χ1n) is 13.5. The van der Waals surface area contributed by atoms with Gasteiger partial charge in [-0.1, -0.05) is 18.6 Å². The van der Waals surface area contributed by atoms with E-state index in [4.69, 9.17) is 9.44 Å². The Morgan fingerprint density at radius 3 is 2.54 bits per heavy atom. The van der Waals surface area contributed by atoms with Gasteiger partial charge in [0, 0.05) is 12.6 Å². The number of rotatable bonds is 3. The predicted octanol–water partition coefficient (Wildman–Crippen LogP) is 5.53. The van der Waals surface area contributed by atoms with Crippen molar-refractivity contribution in [2.75, 3.05) is 13.6 Å². The van der Waals surface area contributed by atoms with Crippen LogP contribution in [-0.2, 0) is 14.3 Å². The third-order valence-electron chi connectivity index (χ3n) is 11.2. The lowest BCUT2D eigenvalue weighted by atomic mass is 9.47. The minimum Gasteiger partial charge on any atom is -0.303 e. The highest BCUT2D eigenvalue weighted by molar-refractivity contribution is 7.86. The van der Waals surface area contributed by atoms with Gasteiger partial charge in [-0.25, -0.2) is 0 Å². The molecule has 3 saturated carbocycles. The van der Waals surface area contributed by atoms with E-state index in [9.17, 15) is 8.42 Å². The molecule has 188 valence electrons. The van der Waals surface area contributed by atoms with Gasteiger partial charge in [-0.05, 0) is 124 Å². The third kappa shape index (κ3) is 3.49. The van der Waals surface area contributed by atoms with Crippen molar-refractivity contribution in [3.63, 3.8) is 0 Å². The summed E-state index contributed by atoms with van der Waals surface area (Å²) < 4.78 is 31.6. The first kappa shape index (κ1) is 23.7. The van der Waals surface area contributed by atoms with E-state index in [1.807, 2.05) is 6.07 Å². The lowest BCUT2D eigenvalue weighted by Gasteiger charge is -2.58. The fourth-order valence-corrected chi connectivity index (χ4v) is 10.5. The van der Waals surface area contributed by atoms with Crippen molar-refractivity contribution < 1.29 is 12.6 Å². The molecule has 0 unspecified atom stereocenters. The quantitative estimate of drug-likeness (QED) is 0.408. The first-order valence-corrected chi connectivity index (χ1v) is 14.9. The van der Waals surface area contributed by atoms with Gasteiger partial charge < -0.3 is 4.90 Å². The van der Waals surface area contributed by atoms with E-state index in [-0.39, 0.29) is 16.4 Å². The van der Waals surface area contributed by atoms with Crippen molar-refractivity contribution in [1.82, 2.24) is 4.90 Å². The Morgan fingerprint density at radius 2 is 1.80 bits per heavy atom. The molecule has 1 spiro atoms. The van der Waals surface area contributed by atoms with Crippen molar-refractivity contribution in [3.8, 4) is 6.07 Å². The van der Waals surface area contributed by atoms with Crippen LogP contribution in [0, 0.1) is 45.8 Å². The number of hydrogen-bond acceptors (Lipinski definition) is 5. The van der Waals surface area contributed by atoms with Gasteiger partial charge in [-0.2, -0.15) is 13.7 Å². The molecule has 0 N–H and O–H groups in total. The Morgan fingerprint density at radius 1 is 1.06 bits per heavy atom. The maximum Gasteiger partial charge on any atom is 0.297 e. The highest BCUT2D eigenvalue weighted by atomic mass is 32.2. The van der Waals surface area contributed by atoms with Gasteiger partial charge >= 0.3 is 0 Å². The number of nitriles is 1. The minimum absolute atomic E-state index is 0.131. The molecular formula is C29H38N2O3S. The monoisotopic (exact) mass is 494 g/mol. The van der Waals surface area contributed by atoms with Gasteiger partial charge in [-0.15, -0.1) is 0 Å². The molecule has 6 rings (SSSR count). The van der Waals surface area contributed by atoms with Gasteiger partial charge in [0.2, 0.25) is 0 Å². The van der Waals surface area contributed by atoms with Crippen molar-refractivity contribution in [2.45, 2.75) is 82.3 Å². The SMILES string of the molecule is C[C@H]1[C@H]2CC[C@H]3[C@@H]4CC=C5C[C@@H](OS(=O)(=O)c6ccc(C#N)cc6)CC[C@]5(C)[C@H]4CC[C@]23CN1C. The minimum atomic E-state index is -3.84. The first-order chi connectivity index (χ1) is 16.7. The molecular weight excluding hydrogens is 456 g/mol. The number of nitrogens with zero attached hydrogens (tertiary/aromatic N) is 2. The summed E-state index contributed by atoms with van der Waals surface area (Å²) >= 11 is 0. The smallest absolute Gasteiger partial charge is 0.297 e. The summed E-state index contributed by atoms with van der Waals surface area (Å²) in [6, 6.07) is 8.75. The molecule has 6 heteroatoms. The van der Waals surface area contributed by atoms with Crippen LogP contribution in [-0.4, -0.2) is 39.1 Å². The largest absolute Gasteiger partial charge is 0.303 e. The van der Waals surface area contributed by atoms with Crippen molar-refractivity contribution in [1.29, 1.82) is 5.26 Å². The highest BCUT2D eigenvalue weighted by Crippen LogP contribution is 2.68. The molecule has 1 aliphatic heterocycles. The summed E-state index contributed by atoms with van der Waals surface area (Å²) in [6.45, 7) is 6.19. The van der Waals surface area contributed by atoms with E-state index in [1.165, 1.54) is 62.1 Å². The van der Waals surface area contributed by atoms with Crippen LogP contribution >= 0.6 is 0 Å². The lowest BCUT2D eigenvalue weighted by molar-refractivity contribution is -0.0457. The van der Waals surface area contributed by atoms with Crippen LogP contribution in [0.1, 0.15) is 70.8 Å². The van der Waals surface area contributed by atoms with E-state index in [2.05, 4.69) is 31.9 Å². The molecule has 1 aromatic rings. The van der Waals surface area contributed by atoms with Gasteiger partial charge in [0.15, 0.2) is 0 Å². The fourth-order valence-electron chi connectivity index (χ4n) is 9.44. The molecule has 0 radical (unpaired) electrons. The predicted molar refractivity (Wildman–Crippen MR) is 135 cm³/mol. The summed E-state index contributed by atoms with van der Waals surface area (Å²) in [7, 11) is -1.51. The van der Waals surface area contributed by atoms with Crippen LogP contribution in [0.4, 0.5) is 0 Å². The average Bonchev–Trinajstić information content (AvgIpc) is 3.33. The van der Waals surface area contributed by atoms with Gasteiger partial charge in [0.25, 0.3) is 10.1 Å². The third-order valence-corrected chi connectivity index (χ3v) is 12.6. The van der Waals surface area contributed by atoms with Crippen LogP contribution in [0.25, 0.3) is 0 Å². The Labute approximate surface area is 210 Å². The molecule has 4 fully saturated rings. The maximum absolute atomic E-state index is 12.9. The normalized spacial score (nSPS) is 42.9. The molecule has 8 atom stereocenters. The molecule has 5 aliphatic rings. The average molecular weight is 495 g/mol. The van der Waals surface area contributed by atoms with Crippen LogP contribution in [0.3, 0.4) is 0 Å². The summed E-state index contributed by atoms with van der Waals surface area (Å²) in [6.07, 6.45) is 11.3. The molecule has 1 saturated heterocycles. The topological polar surface area (TPSA) is 70.4 Å². The van der Waals surface area contributed by atoms with Gasteiger partial charge in [0.1, 0.15) is 0 Å². The molecule has 1 heterocycles. The molecule has 5 nitrogen and oxygen atoms in total. The van der Waals surface area contributed by atoms with Crippen LogP contribution in [0.15, 0.2) is 40.8 Å². The Hall–Kier alpha value is -1.68. The number of fused-ring (bicyclic) bond motifs is 4. The van der Waals surface area contributed by atoms with Crippen molar-refractivity contribution >= 4 is 10.1 Å². The van der Waals surface area contributed by atoms with Crippen LogP contribution in [0.5, 0.6) is 0 Å². The van der Waals surface area contributed by atoms with E-state index in [0.29, 0.717) is 29.4 Å². The molecule has 0 aromatic heterocycles. The Kier molecular flexibility index (Phi) is 5.53. The zero-order valence-corrected chi connectivity index (χ0v) is 22.1. The second-order valence-corrected chi connectivity index (χ2v) is 14.0. The highest BCUT2D eigenvalue weighted by Gasteiger charge is 2.64. The van der Waals surface area contributed by atoms with E-state index >= 15 is 0 Å². The molecule has 0 amide bonds. The molecule has 4 aliphatic carbocycles. The van der Waals surface area contributed by atoms with Gasteiger partial charge in [0.05, 0.1) is 22.6 Å². The molecule has 35 heavy (non-hydrogen) atoms. The number of hydrogen-bond donors (Lipinski definition) is 0. The number of benzene rings is 1. The summed E-state index contributed by atoms with van der Waals surface area (Å²) in [4.78, 5) is 2.76. The van der Waals surface area contributed by atoms with Crippen molar-refractivity contribution in [3.05, 3.63) is 41.5 Å². The molecule has 0 bridgehead atoms.